The van der Waals surface area contributed by atoms with Gasteiger partial charge in [0.15, 0.2) is 6.10 Å². The Bertz CT molecular complexity index is 916. The Morgan fingerprint density at radius 3 is 0.817 bits per heavy atom. The van der Waals surface area contributed by atoms with Gasteiger partial charge in [-0.15, -0.1) is 0 Å². The van der Waals surface area contributed by atoms with E-state index in [0.717, 1.165) is 69.6 Å². The van der Waals surface area contributed by atoms with Crippen molar-refractivity contribution in [3.63, 3.8) is 0 Å². The predicted molar refractivity (Wildman–Crippen MR) is 256 cm³/mol. The van der Waals surface area contributed by atoms with E-state index in [1.54, 1.807) is 0 Å². The van der Waals surface area contributed by atoms with Crippen LogP contribution in [0.1, 0.15) is 298 Å². The maximum Gasteiger partial charge on any atom is 0.306 e. The van der Waals surface area contributed by atoms with Crippen LogP contribution >= 0.6 is 0 Å². The molecule has 0 aliphatic heterocycles. The van der Waals surface area contributed by atoms with Crippen molar-refractivity contribution in [1.82, 2.24) is 0 Å². The average molecular weight is 849 g/mol. The molecule has 356 valence electrons. The monoisotopic (exact) mass is 849 g/mol. The van der Waals surface area contributed by atoms with Crippen molar-refractivity contribution >= 4 is 17.9 Å². The van der Waals surface area contributed by atoms with Crippen LogP contribution < -0.4 is 0 Å². The van der Waals surface area contributed by atoms with Crippen molar-refractivity contribution < 1.29 is 28.6 Å². The minimum atomic E-state index is -0.762. The number of carbonyl (C=O) groups is 3. The normalized spacial score (nSPS) is 12.1. The van der Waals surface area contributed by atoms with Gasteiger partial charge in [0, 0.05) is 19.3 Å². The van der Waals surface area contributed by atoms with Gasteiger partial charge in [-0.25, -0.2) is 0 Å². The third-order valence-electron chi connectivity index (χ3n) is 12.2. The fourth-order valence-corrected chi connectivity index (χ4v) is 8.17. The van der Waals surface area contributed by atoms with Gasteiger partial charge in [0.1, 0.15) is 13.2 Å². The van der Waals surface area contributed by atoms with E-state index < -0.39 is 6.10 Å². The third kappa shape index (κ3) is 47.5. The van der Waals surface area contributed by atoms with Crippen LogP contribution in [-0.2, 0) is 28.6 Å². The number of hydrogen-bond donors (Lipinski definition) is 0. The standard InChI is InChI=1S/C54H104O6/c1-6-7-8-9-10-11-12-13-14-19-26-31-36-41-46-54(57)60-51(48-59-53(56)45-40-35-30-25-21-20-23-28-33-38-43-50(4)5)47-58-52(55)44-39-34-29-24-18-16-15-17-22-27-32-37-42-49(2)3/h49-51H,6-48H2,1-5H3/t51-/m0/s1. The summed E-state index contributed by atoms with van der Waals surface area (Å²) in [6.45, 7) is 11.4. The lowest BCUT2D eigenvalue weighted by Crippen LogP contribution is -2.30. The fourth-order valence-electron chi connectivity index (χ4n) is 8.17. The van der Waals surface area contributed by atoms with E-state index in [-0.39, 0.29) is 31.1 Å². The summed E-state index contributed by atoms with van der Waals surface area (Å²) in [5.41, 5.74) is 0. The van der Waals surface area contributed by atoms with Gasteiger partial charge in [-0.05, 0) is 31.1 Å². The molecule has 6 nitrogen and oxygen atoms in total. The Labute approximate surface area is 374 Å². The molecule has 0 aliphatic carbocycles. The first-order chi connectivity index (χ1) is 29.2. The van der Waals surface area contributed by atoms with Crippen molar-refractivity contribution in [3.05, 3.63) is 0 Å². The highest BCUT2D eigenvalue weighted by atomic mass is 16.6. The van der Waals surface area contributed by atoms with Crippen molar-refractivity contribution in [3.8, 4) is 0 Å². The van der Waals surface area contributed by atoms with Gasteiger partial charge >= 0.3 is 17.9 Å². The number of rotatable bonds is 48. The minimum Gasteiger partial charge on any atom is -0.462 e. The van der Waals surface area contributed by atoms with Gasteiger partial charge in [0.25, 0.3) is 0 Å². The Balaban J connectivity index is 4.31. The first-order valence-corrected chi connectivity index (χ1v) is 26.7. The van der Waals surface area contributed by atoms with E-state index in [0.29, 0.717) is 19.3 Å². The van der Waals surface area contributed by atoms with Gasteiger partial charge in [-0.1, -0.05) is 259 Å². The molecule has 0 fully saturated rings. The zero-order valence-electron chi connectivity index (χ0n) is 41.1. The second kappa shape index (κ2) is 46.9. The highest BCUT2D eigenvalue weighted by molar-refractivity contribution is 5.71. The van der Waals surface area contributed by atoms with Gasteiger partial charge in [-0.3, -0.25) is 14.4 Å². The van der Waals surface area contributed by atoms with Crippen LogP contribution in [0.15, 0.2) is 0 Å². The molecule has 0 rings (SSSR count). The van der Waals surface area contributed by atoms with E-state index in [9.17, 15) is 14.4 Å². The molecule has 0 aliphatic rings. The topological polar surface area (TPSA) is 78.9 Å². The smallest absolute Gasteiger partial charge is 0.306 e. The Morgan fingerprint density at radius 1 is 0.317 bits per heavy atom. The zero-order chi connectivity index (χ0) is 44.0. The summed E-state index contributed by atoms with van der Waals surface area (Å²) in [5, 5.41) is 0. The lowest BCUT2D eigenvalue weighted by molar-refractivity contribution is -0.167. The average Bonchev–Trinajstić information content (AvgIpc) is 3.22. The van der Waals surface area contributed by atoms with Crippen LogP contribution in [0.3, 0.4) is 0 Å². The van der Waals surface area contributed by atoms with Crippen molar-refractivity contribution in [2.75, 3.05) is 13.2 Å². The zero-order valence-corrected chi connectivity index (χ0v) is 41.1. The molecule has 0 spiro atoms. The molecule has 0 aromatic carbocycles. The summed E-state index contributed by atoms with van der Waals surface area (Å²) >= 11 is 0. The molecule has 0 saturated carbocycles. The molecule has 0 aromatic rings. The van der Waals surface area contributed by atoms with Crippen LogP contribution in [0.5, 0.6) is 0 Å². The summed E-state index contributed by atoms with van der Waals surface area (Å²) in [4.78, 5) is 38.0. The number of ether oxygens (including phenoxy) is 3. The first-order valence-electron chi connectivity index (χ1n) is 26.7. The van der Waals surface area contributed by atoms with Crippen molar-refractivity contribution in [2.45, 2.75) is 304 Å². The molecule has 60 heavy (non-hydrogen) atoms. The number of unbranched alkanes of at least 4 members (excludes halogenated alkanes) is 33. The van der Waals surface area contributed by atoms with E-state index in [2.05, 4.69) is 34.6 Å². The van der Waals surface area contributed by atoms with Crippen LogP contribution in [0.25, 0.3) is 0 Å². The highest BCUT2D eigenvalue weighted by Gasteiger charge is 2.19. The first kappa shape index (κ1) is 58.4. The molecular weight excluding hydrogens is 745 g/mol. The van der Waals surface area contributed by atoms with Crippen molar-refractivity contribution in [1.29, 1.82) is 0 Å². The number of esters is 3. The van der Waals surface area contributed by atoms with Gasteiger partial charge in [-0.2, -0.15) is 0 Å². The second-order valence-electron chi connectivity index (χ2n) is 19.5. The van der Waals surface area contributed by atoms with Gasteiger partial charge in [0.05, 0.1) is 0 Å². The van der Waals surface area contributed by atoms with Gasteiger partial charge < -0.3 is 14.2 Å². The molecular formula is C54H104O6. The summed E-state index contributed by atoms with van der Waals surface area (Å²) in [6, 6.07) is 0. The maximum atomic E-state index is 12.8. The predicted octanol–water partition coefficient (Wildman–Crippen LogP) is 17.3. The summed E-state index contributed by atoms with van der Waals surface area (Å²) < 4.78 is 16.8. The number of hydrogen-bond acceptors (Lipinski definition) is 6. The largest absolute Gasteiger partial charge is 0.462 e. The highest BCUT2D eigenvalue weighted by Crippen LogP contribution is 2.17. The molecule has 0 saturated heterocycles. The Hall–Kier alpha value is -1.59. The lowest BCUT2D eigenvalue weighted by atomic mass is 10.0. The lowest BCUT2D eigenvalue weighted by Gasteiger charge is -2.18. The molecule has 6 heteroatoms. The SMILES string of the molecule is CCCCCCCCCCCCCCCCC(=O)O[C@@H](COC(=O)CCCCCCCCCCCCCCC(C)C)COC(=O)CCCCCCCCCCCCC(C)C. The van der Waals surface area contributed by atoms with Crippen LogP contribution in [0, 0.1) is 11.8 Å². The van der Waals surface area contributed by atoms with E-state index >= 15 is 0 Å². The molecule has 0 unspecified atom stereocenters. The molecule has 1 atom stereocenters. The van der Waals surface area contributed by atoms with E-state index in [1.807, 2.05) is 0 Å². The fraction of sp³-hybridized carbons (Fsp3) is 0.944. The maximum absolute atomic E-state index is 12.8. The quantitative estimate of drug-likeness (QED) is 0.0345. The van der Waals surface area contributed by atoms with Gasteiger partial charge in [0.2, 0.25) is 0 Å². The summed E-state index contributed by atoms with van der Waals surface area (Å²) in [6.07, 6.45) is 48.0. The second-order valence-corrected chi connectivity index (χ2v) is 19.5. The van der Waals surface area contributed by atoms with E-state index in [4.69, 9.17) is 14.2 Å². The van der Waals surface area contributed by atoms with Crippen LogP contribution in [0.4, 0.5) is 0 Å². The Morgan fingerprint density at radius 2 is 0.550 bits per heavy atom. The molecule has 0 aromatic heterocycles. The summed E-state index contributed by atoms with van der Waals surface area (Å²) in [7, 11) is 0. The molecule has 0 radical (unpaired) electrons. The van der Waals surface area contributed by atoms with E-state index in [1.165, 1.54) is 186 Å². The Kier molecular flexibility index (Phi) is 45.7. The third-order valence-corrected chi connectivity index (χ3v) is 12.2. The van der Waals surface area contributed by atoms with Crippen LogP contribution in [0.2, 0.25) is 0 Å². The van der Waals surface area contributed by atoms with Crippen molar-refractivity contribution in [2.24, 2.45) is 11.8 Å². The molecule has 0 N–H and O–H groups in total. The molecule has 0 bridgehead atoms. The van der Waals surface area contributed by atoms with Crippen LogP contribution in [-0.4, -0.2) is 37.2 Å². The summed E-state index contributed by atoms with van der Waals surface area (Å²) in [5.74, 6) is 0.807. The minimum absolute atomic E-state index is 0.0634. The molecule has 0 amide bonds. The molecule has 0 heterocycles. The number of carbonyl (C=O) groups excluding carboxylic acids is 3.